The Morgan fingerprint density at radius 2 is 1.79 bits per heavy atom. The normalized spacial score (nSPS) is 11.2. The first-order valence-electron chi connectivity index (χ1n) is 8.10. The highest BCUT2D eigenvalue weighted by Gasteiger charge is 2.20. The smallest absolute Gasteiger partial charge is 0.352 e. The number of hydrogen-bond acceptors (Lipinski definition) is 5. The lowest BCUT2D eigenvalue weighted by atomic mass is 10.1. The number of hydrogen-bond donors (Lipinski definition) is 3. The van der Waals surface area contributed by atoms with E-state index in [1.807, 2.05) is 0 Å². The van der Waals surface area contributed by atoms with Crippen LogP contribution in [0.1, 0.15) is 31.4 Å². The van der Waals surface area contributed by atoms with Crippen molar-refractivity contribution in [3.63, 3.8) is 0 Å². The van der Waals surface area contributed by atoms with Gasteiger partial charge in [-0.25, -0.2) is 9.59 Å². The van der Waals surface area contributed by atoms with Crippen LogP contribution in [0.2, 0.25) is 0 Å². The van der Waals surface area contributed by atoms with Crippen LogP contribution in [0.5, 0.6) is 0 Å². The van der Waals surface area contributed by atoms with Gasteiger partial charge in [-0.05, 0) is 42.1 Å². The standard InChI is InChI=1S/C20H15NO6S/c1-11-10-28-17(20(25)26)16(11)15-8-7-13(27-15)9-14(19(23)24)21-18(22)12-5-3-2-4-6-12/h2-10H,1H3,(H,21,22)(H,23,24)(H,25,26). The summed E-state index contributed by atoms with van der Waals surface area (Å²) in [5, 5.41) is 22.7. The molecule has 0 unspecified atom stereocenters. The van der Waals surface area contributed by atoms with Gasteiger partial charge in [-0.2, -0.15) is 0 Å². The second-order valence-corrected chi connectivity index (χ2v) is 6.69. The molecule has 0 fully saturated rings. The van der Waals surface area contributed by atoms with E-state index in [0.717, 1.165) is 16.9 Å². The van der Waals surface area contributed by atoms with Crippen molar-refractivity contribution in [1.82, 2.24) is 5.32 Å². The number of nitrogens with one attached hydrogen (secondary N) is 1. The Morgan fingerprint density at radius 1 is 1.07 bits per heavy atom. The predicted molar refractivity (Wildman–Crippen MR) is 103 cm³/mol. The summed E-state index contributed by atoms with van der Waals surface area (Å²) in [5.74, 6) is -2.49. The van der Waals surface area contributed by atoms with Crippen LogP contribution in [0, 0.1) is 6.92 Å². The Balaban J connectivity index is 1.90. The van der Waals surface area contributed by atoms with Gasteiger partial charge in [0.05, 0.1) is 0 Å². The molecule has 2 aromatic heterocycles. The molecule has 0 saturated carbocycles. The average Bonchev–Trinajstić information content (AvgIpc) is 3.27. The van der Waals surface area contributed by atoms with Crippen molar-refractivity contribution in [2.24, 2.45) is 0 Å². The van der Waals surface area contributed by atoms with Crippen molar-refractivity contribution in [3.8, 4) is 11.3 Å². The summed E-state index contributed by atoms with van der Waals surface area (Å²) < 4.78 is 5.62. The van der Waals surface area contributed by atoms with Gasteiger partial charge in [-0.1, -0.05) is 18.2 Å². The molecule has 28 heavy (non-hydrogen) atoms. The first kappa shape index (κ1) is 19.1. The van der Waals surface area contributed by atoms with Gasteiger partial charge in [-0.3, -0.25) is 4.79 Å². The number of rotatable bonds is 6. The molecular weight excluding hydrogens is 382 g/mol. The first-order chi connectivity index (χ1) is 13.4. The molecule has 1 amide bonds. The van der Waals surface area contributed by atoms with Gasteiger partial charge >= 0.3 is 11.9 Å². The van der Waals surface area contributed by atoms with Crippen LogP contribution in [0.4, 0.5) is 0 Å². The van der Waals surface area contributed by atoms with Crippen LogP contribution in [0.15, 0.2) is 58.0 Å². The summed E-state index contributed by atoms with van der Waals surface area (Å²) in [6, 6.07) is 11.3. The second kappa shape index (κ2) is 7.93. The summed E-state index contributed by atoms with van der Waals surface area (Å²) >= 11 is 1.09. The van der Waals surface area contributed by atoms with Crippen LogP contribution >= 0.6 is 11.3 Å². The largest absolute Gasteiger partial charge is 0.477 e. The average molecular weight is 397 g/mol. The van der Waals surface area contributed by atoms with Crippen molar-refractivity contribution in [3.05, 3.63) is 75.3 Å². The second-order valence-electron chi connectivity index (χ2n) is 5.81. The van der Waals surface area contributed by atoms with E-state index in [4.69, 9.17) is 4.42 Å². The number of carbonyl (C=O) groups excluding carboxylic acids is 1. The molecule has 3 rings (SSSR count). The number of carboxylic acids is 2. The highest BCUT2D eigenvalue weighted by Crippen LogP contribution is 2.34. The lowest BCUT2D eigenvalue weighted by molar-refractivity contribution is -0.132. The minimum Gasteiger partial charge on any atom is -0.477 e. The maximum Gasteiger partial charge on any atom is 0.352 e. The molecular formula is C20H15NO6S. The molecule has 8 heteroatoms. The molecule has 7 nitrogen and oxygen atoms in total. The van der Waals surface area contributed by atoms with Crippen LogP contribution in [0.3, 0.4) is 0 Å². The van der Waals surface area contributed by atoms with E-state index in [9.17, 15) is 24.6 Å². The molecule has 0 aliphatic carbocycles. The highest BCUT2D eigenvalue weighted by atomic mass is 32.1. The number of amides is 1. The lowest BCUT2D eigenvalue weighted by Gasteiger charge is -2.05. The molecule has 0 aliphatic heterocycles. The Hall–Kier alpha value is -3.65. The fourth-order valence-corrected chi connectivity index (χ4v) is 3.44. The van der Waals surface area contributed by atoms with Crippen LogP contribution in [0.25, 0.3) is 17.4 Å². The number of thiophene rings is 1. The topological polar surface area (TPSA) is 117 Å². The van der Waals surface area contributed by atoms with Crippen molar-refractivity contribution < 1.29 is 29.0 Å². The van der Waals surface area contributed by atoms with E-state index in [1.54, 1.807) is 48.7 Å². The van der Waals surface area contributed by atoms with Gasteiger partial charge in [0.15, 0.2) is 0 Å². The predicted octanol–water partition coefficient (Wildman–Crippen LogP) is 3.87. The zero-order chi connectivity index (χ0) is 20.3. The Labute approximate surface area is 163 Å². The number of benzene rings is 1. The molecule has 0 saturated heterocycles. The van der Waals surface area contributed by atoms with E-state index in [0.29, 0.717) is 16.9 Å². The number of furan rings is 1. The zero-order valence-corrected chi connectivity index (χ0v) is 15.4. The fourth-order valence-electron chi connectivity index (χ4n) is 2.55. The molecule has 3 aromatic rings. The highest BCUT2D eigenvalue weighted by molar-refractivity contribution is 7.12. The molecule has 0 aliphatic rings. The maximum absolute atomic E-state index is 12.2. The maximum atomic E-state index is 12.2. The van der Waals surface area contributed by atoms with E-state index in [-0.39, 0.29) is 16.3 Å². The van der Waals surface area contributed by atoms with Gasteiger partial charge in [0.25, 0.3) is 5.91 Å². The third-order valence-electron chi connectivity index (χ3n) is 3.84. The fraction of sp³-hybridized carbons (Fsp3) is 0.0500. The van der Waals surface area contributed by atoms with Gasteiger partial charge < -0.3 is 19.9 Å². The van der Waals surface area contributed by atoms with Crippen molar-refractivity contribution in [2.75, 3.05) is 0 Å². The molecule has 3 N–H and O–H groups in total. The Bertz CT molecular complexity index is 1080. The molecule has 0 bridgehead atoms. The molecule has 1 aromatic carbocycles. The van der Waals surface area contributed by atoms with E-state index >= 15 is 0 Å². The monoisotopic (exact) mass is 397 g/mol. The molecule has 0 radical (unpaired) electrons. The first-order valence-corrected chi connectivity index (χ1v) is 8.97. The quantitative estimate of drug-likeness (QED) is 0.544. The molecule has 0 spiro atoms. The van der Waals surface area contributed by atoms with Crippen LogP contribution in [-0.4, -0.2) is 28.1 Å². The molecule has 142 valence electrons. The van der Waals surface area contributed by atoms with E-state index in [1.165, 1.54) is 12.1 Å². The Kier molecular flexibility index (Phi) is 5.42. The summed E-state index contributed by atoms with van der Waals surface area (Å²) in [6.45, 7) is 1.76. The minimum atomic E-state index is -1.33. The van der Waals surface area contributed by atoms with Gasteiger partial charge in [0.1, 0.15) is 22.1 Å². The summed E-state index contributed by atoms with van der Waals surface area (Å²) in [7, 11) is 0. The summed E-state index contributed by atoms with van der Waals surface area (Å²) in [5.41, 5.74) is 1.13. The van der Waals surface area contributed by atoms with Crippen LogP contribution in [-0.2, 0) is 4.79 Å². The summed E-state index contributed by atoms with van der Waals surface area (Å²) in [6.07, 6.45) is 1.18. The molecule has 2 heterocycles. The number of aromatic carboxylic acids is 1. The van der Waals surface area contributed by atoms with Crippen molar-refractivity contribution in [1.29, 1.82) is 0 Å². The van der Waals surface area contributed by atoms with Gasteiger partial charge in [-0.15, -0.1) is 11.3 Å². The van der Waals surface area contributed by atoms with E-state index < -0.39 is 17.8 Å². The zero-order valence-electron chi connectivity index (χ0n) is 14.6. The minimum absolute atomic E-state index is 0.137. The molecule has 0 atom stereocenters. The van der Waals surface area contributed by atoms with Crippen molar-refractivity contribution in [2.45, 2.75) is 6.92 Å². The van der Waals surface area contributed by atoms with Crippen molar-refractivity contribution >= 4 is 35.3 Å². The number of aliphatic carboxylic acids is 1. The Morgan fingerprint density at radius 3 is 2.43 bits per heavy atom. The van der Waals surface area contributed by atoms with Gasteiger partial charge in [0.2, 0.25) is 0 Å². The summed E-state index contributed by atoms with van der Waals surface area (Å²) in [4.78, 5) is 35.2. The van der Waals surface area contributed by atoms with Crippen LogP contribution < -0.4 is 5.32 Å². The van der Waals surface area contributed by atoms with E-state index in [2.05, 4.69) is 5.32 Å². The number of aryl methyl sites for hydroxylation is 1. The third-order valence-corrected chi connectivity index (χ3v) is 4.93. The number of carbonyl (C=O) groups is 3. The number of carboxylic acid groups (broad SMARTS) is 2. The third kappa shape index (κ3) is 4.02. The van der Waals surface area contributed by atoms with Gasteiger partial charge in [0, 0.05) is 17.2 Å². The lowest BCUT2D eigenvalue weighted by Crippen LogP contribution is -2.27. The SMILES string of the molecule is Cc1csc(C(=O)O)c1-c1ccc(C=C(NC(=O)c2ccccc2)C(=O)O)o1.